The molecule has 0 aliphatic carbocycles. The Morgan fingerprint density at radius 2 is 2.00 bits per heavy atom. The molecule has 2 N–H and O–H groups in total. The van der Waals surface area contributed by atoms with Gasteiger partial charge in [0.05, 0.1) is 17.6 Å². The minimum Gasteiger partial charge on any atom is -0.478 e. The molecule has 104 valence electrons. The molecule has 1 aromatic rings. The summed E-state index contributed by atoms with van der Waals surface area (Å²) in [4.78, 5) is 22.7. The van der Waals surface area contributed by atoms with Gasteiger partial charge in [0.1, 0.15) is 0 Å². The maximum Gasteiger partial charge on any atom is 0.335 e. The lowest BCUT2D eigenvalue weighted by atomic mass is 10.0. The van der Waals surface area contributed by atoms with E-state index < -0.39 is 11.6 Å². The van der Waals surface area contributed by atoms with Crippen LogP contribution < -0.4 is 5.32 Å². The largest absolute Gasteiger partial charge is 0.478 e. The Hall–Kier alpha value is -1.40. The average molecular weight is 330 g/mol. The molecule has 1 rings (SSSR count). The van der Waals surface area contributed by atoms with Crippen molar-refractivity contribution in [2.45, 2.75) is 25.9 Å². The number of carbonyl (C=O) groups excluding carboxylic acids is 1. The normalized spacial score (nSPS) is 11.2. The molecule has 5 nitrogen and oxygen atoms in total. The van der Waals surface area contributed by atoms with Gasteiger partial charge in [-0.2, -0.15) is 0 Å². The van der Waals surface area contributed by atoms with Crippen molar-refractivity contribution >= 4 is 33.5 Å². The molecule has 0 aliphatic heterocycles. The fraction of sp³-hybridized carbons (Fsp3) is 0.385. The van der Waals surface area contributed by atoms with Gasteiger partial charge >= 0.3 is 5.97 Å². The number of amides is 1. The van der Waals surface area contributed by atoms with Gasteiger partial charge in [-0.15, -0.1) is 0 Å². The van der Waals surface area contributed by atoms with Crippen molar-refractivity contribution in [3.05, 3.63) is 28.2 Å². The number of nitrogens with one attached hydrogen (secondary N) is 1. The van der Waals surface area contributed by atoms with Gasteiger partial charge in [-0.1, -0.05) is 15.9 Å². The van der Waals surface area contributed by atoms with Gasteiger partial charge in [0.25, 0.3) is 0 Å². The zero-order valence-corrected chi connectivity index (χ0v) is 12.6. The molecule has 0 spiro atoms. The minimum atomic E-state index is -1.05. The van der Waals surface area contributed by atoms with Crippen LogP contribution >= 0.6 is 15.9 Å². The number of aromatic carboxylic acids is 1. The molecule has 0 aromatic heterocycles. The highest BCUT2D eigenvalue weighted by Gasteiger charge is 2.21. The van der Waals surface area contributed by atoms with Crippen LogP contribution in [0.5, 0.6) is 0 Å². The summed E-state index contributed by atoms with van der Waals surface area (Å²) >= 11 is 3.21. The molecule has 0 atom stereocenters. The van der Waals surface area contributed by atoms with Crippen LogP contribution in [0.1, 0.15) is 30.6 Å². The Labute approximate surface area is 120 Å². The summed E-state index contributed by atoms with van der Waals surface area (Å²) in [6.45, 7) is 3.60. The van der Waals surface area contributed by atoms with Crippen molar-refractivity contribution in [3.63, 3.8) is 0 Å². The van der Waals surface area contributed by atoms with E-state index in [-0.39, 0.29) is 17.9 Å². The number of hydrogen-bond acceptors (Lipinski definition) is 3. The number of rotatable bonds is 5. The fourth-order valence-corrected chi connectivity index (χ4v) is 1.94. The summed E-state index contributed by atoms with van der Waals surface area (Å²) in [7, 11) is 1.54. The summed E-state index contributed by atoms with van der Waals surface area (Å²) in [5.74, 6) is -1.28. The first-order valence-electron chi connectivity index (χ1n) is 5.62. The Bertz CT molecular complexity index is 499. The maximum absolute atomic E-state index is 11.8. The molecular formula is C13H16BrNO4. The van der Waals surface area contributed by atoms with Crippen molar-refractivity contribution in [2.75, 3.05) is 12.4 Å². The topological polar surface area (TPSA) is 75.6 Å². The summed E-state index contributed by atoms with van der Waals surface area (Å²) in [5, 5.41) is 11.6. The van der Waals surface area contributed by atoms with E-state index in [1.807, 2.05) is 0 Å². The number of ether oxygens (including phenoxy) is 1. The molecule has 1 amide bonds. The first-order valence-corrected chi connectivity index (χ1v) is 6.42. The summed E-state index contributed by atoms with van der Waals surface area (Å²) in [5.41, 5.74) is -0.0227. The molecule has 0 aliphatic rings. The first-order chi connectivity index (χ1) is 8.73. The molecule has 0 heterocycles. The van der Waals surface area contributed by atoms with Crippen LogP contribution in [0.3, 0.4) is 0 Å². The average Bonchev–Trinajstić information content (AvgIpc) is 2.27. The number of carboxylic acids is 1. The zero-order chi connectivity index (χ0) is 14.6. The van der Waals surface area contributed by atoms with Gasteiger partial charge in [-0.25, -0.2) is 4.79 Å². The lowest BCUT2D eigenvalue weighted by molar-refractivity contribution is -0.121. The molecule has 6 heteroatoms. The smallest absolute Gasteiger partial charge is 0.335 e. The molecular weight excluding hydrogens is 314 g/mol. The number of hydrogen-bond donors (Lipinski definition) is 2. The quantitative estimate of drug-likeness (QED) is 0.870. The van der Waals surface area contributed by atoms with Crippen LogP contribution in [0.4, 0.5) is 5.69 Å². The van der Waals surface area contributed by atoms with Crippen LogP contribution in [0.25, 0.3) is 0 Å². The van der Waals surface area contributed by atoms with Gasteiger partial charge < -0.3 is 15.2 Å². The predicted octanol–water partition coefficient (Wildman–Crippen LogP) is 2.90. The summed E-state index contributed by atoms with van der Waals surface area (Å²) < 4.78 is 5.76. The van der Waals surface area contributed by atoms with Crippen LogP contribution in [-0.2, 0) is 9.53 Å². The molecule has 0 radical (unpaired) electrons. The van der Waals surface area contributed by atoms with E-state index in [2.05, 4.69) is 21.2 Å². The number of carbonyl (C=O) groups is 2. The minimum absolute atomic E-state index is 0.107. The van der Waals surface area contributed by atoms with Crippen molar-refractivity contribution in [3.8, 4) is 0 Å². The van der Waals surface area contributed by atoms with Crippen molar-refractivity contribution in [2.24, 2.45) is 0 Å². The molecule has 0 bridgehead atoms. The van der Waals surface area contributed by atoms with Gasteiger partial charge in [0.15, 0.2) is 0 Å². The van der Waals surface area contributed by atoms with E-state index in [0.717, 1.165) is 0 Å². The molecule has 0 saturated carbocycles. The highest BCUT2D eigenvalue weighted by Crippen LogP contribution is 2.21. The Kier molecular flexibility index (Phi) is 5.08. The Balaban J connectivity index is 2.82. The van der Waals surface area contributed by atoms with E-state index in [9.17, 15) is 9.59 Å². The third kappa shape index (κ3) is 5.00. The first kappa shape index (κ1) is 15.7. The Morgan fingerprint density at radius 1 is 1.37 bits per heavy atom. The second kappa shape index (κ2) is 6.16. The van der Waals surface area contributed by atoms with Crippen molar-refractivity contribution in [1.82, 2.24) is 0 Å². The van der Waals surface area contributed by atoms with E-state index in [0.29, 0.717) is 10.2 Å². The monoisotopic (exact) mass is 329 g/mol. The van der Waals surface area contributed by atoms with Crippen molar-refractivity contribution in [1.29, 1.82) is 0 Å². The van der Waals surface area contributed by atoms with Gasteiger partial charge in [0, 0.05) is 17.3 Å². The number of carboxylic acid groups (broad SMARTS) is 1. The third-order valence-corrected chi connectivity index (χ3v) is 3.03. The highest BCUT2D eigenvalue weighted by atomic mass is 79.9. The molecule has 1 aromatic carbocycles. The molecule has 0 saturated heterocycles. The van der Waals surface area contributed by atoms with Crippen LogP contribution in [0.15, 0.2) is 22.7 Å². The lowest BCUT2D eigenvalue weighted by Crippen LogP contribution is -2.29. The Morgan fingerprint density at radius 3 is 2.53 bits per heavy atom. The number of methoxy groups -OCH3 is 1. The summed E-state index contributed by atoms with van der Waals surface area (Å²) in [6.07, 6.45) is 0.179. The van der Waals surface area contributed by atoms with E-state index in [1.54, 1.807) is 19.9 Å². The van der Waals surface area contributed by atoms with E-state index >= 15 is 0 Å². The molecule has 0 unspecified atom stereocenters. The lowest BCUT2D eigenvalue weighted by Gasteiger charge is -2.22. The molecule has 0 fully saturated rings. The zero-order valence-electron chi connectivity index (χ0n) is 11.0. The number of benzene rings is 1. The highest BCUT2D eigenvalue weighted by molar-refractivity contribution is 9.10. The fourth-order valence-electron chi connectivity index (χ4n) is 1.45. The van der Waals surface area contributed by atoms with Crippen LogP contribution in [0.2, 0.25) is 0 Å². The number of halogens is 1. The number of anilines is 1. The van der Waals surface area contributed by atoms with Crippen LogP contribution in [-0.4, -0.2) is 29.7 Å². The van der Waals surface area contributed by atoms with Crippen molar-refractivity contribution < 1.29 is 19.4 Å². The van der Waals surface area contributed by atoms with Gasteiger partial charge in [-0.05, 0) is 32.0 Å². The van der Waals surface area contributed by atoms with Gasteiger partial charge in [-0.3, -0.25) is 4.79 Å². The SMILES string of the molecule is COC(C)(C)CC(=O)Nc1cc(Br)cc(C(=O)O)c1. The van der Waals surface area contributed by atoms with E-state index in [1.165, 1.54) is 19.2 Å². The summed E-state index contributed by atoms with van der Waals surface area (Å²) in [6, 6.07) is 4.52. The van der Waals surface area contributed by atoms with E-state index in [4.69, 9.17) is 9.84 Å². The second-order valence-corrected chi connectivity index (χ2v) is 5.64. The third-order valence-electron chi connectivity index (χ3n) is 2.57. The van der Waals surface area contributed by atoms with Gasteiger partial charge in [0.2, 0.25) is 5.91 Å². The maximum atomic E-state index is 11.8. The van der Waals surface area contributed by atoms with Crippen LogP contribution in [0, 0.1) is 0 Å². The molecule has 19 heavy (non-hydrogen) atoms. The predicted molar refractivity (Wildman–Crippen MR) is 75.4 cm³/mol. The standard InChI is InChI=1S/C13H16BrNO4/c1-13(2,19-3)7-11(16)15-10-5-8(12(17)18)4-9(14)6-10/h4-6H,7H2,1-3H3,(H,15,16)(H,17,18). The second-order valence-electron chi connectivity index (χ2n) is 4.72.